The van der Waals surface area contributed by atoms with Crippen molar-refractivity contribution in [3.05, 3.63) is 55.5 Å². The van der Waals surface area contributed by atoms with Gasteiger partial charge in [0, 0.05) is 18.7 Å². The minimum atomic E-state index is 0.557. The van der Waals surface area contributed by atoms with Gasteiger partial charge in [0.15, 0.2) is 0 Å². The monoisotopic (exact) mass is 285 g/mol. The molecule has 0 fully saturated rings. The molecule has 0 saturated heterocycles. The van der Waals surface area contributed by atoms with Crippen LogP contribution in [0, 0.1) is 0 Å². The third kappa shape index (κ3) is 4.03. The van der Waals surface area contributed by atoms with Crippen LogP contribution >= 0.6 is 0 Å². The van der Waals surface area contributed by atoms with Gasteiger partial charge in [0.2, 0.25) is 11.7 Å². The average Bonchev–Trinajstić information content (AvgIpc) is 2.96. The van der Waals surface area contributed by atoms with E-state index in [4.69, 9.17) is 9.26 Å². The molecule has 0 radical (unpaired) electrons. The van der Waals surface area contributed by atoms with Gasteiger partial charge in [-0.3, -0.25) is 4.90 Å². The summed E-state index contributed by atoms with van der Waals surface area (Å²) in [6.45, 7) is 9.52. The van der Waals surface area contributed by atoms with Crippen LogP contribution in [-0.4, -0.2) is 35.2 Å². The molecule has 0 spiro atoms. The van der Waals surface area contributed by atoms with Crippen molar-refractivity contribution in [2.45, 2.75) is 6.54 Å². The van der Waals surface area contributed by atoms with Gasteiger partial charge in [-0.25, -0.2) is 0 Å². The lowest BCUT2D eigenvalue weighted by Gasteiger charge is -2.15. The van der Waals surface area contributed by atoms with Gasteiger partial charge < -0.3 is 9.26 Å². The summed E-state index contributed by atoms with van der Waals surface area (Å²) in [4.78, 5) is 6.52. The fraction of sp³-hybridized carbons (Fsp3) is 0.250. The smallest absolute Gasteiger partial charge is 0.241 e. The van der Waals surface area contributed by atoms with Gasteiger partial charge in [-0.05, 0) is 12.1 Å². The zero-order valence-corrected chi connectivity index (χ0v) is 12.2. The summed E-state index contributed by atoms with van der Waals surface area (Å²) in [5, 5.41) is 4.02. The van der Waals surface area contributed by atoms with Crippen molar-refractivity contribution in [3.8, 4) is 17.1 Å². The number of benzene rings is 1. The molecule has 0 saturated carbocycles. The van der Waals surface area contributed by atoms with Crippen LogP contribution in [0.4, 0.5) is 0 Å². The first kappa shape index (κ1) is 15.0. The van der Waals surface area contributed by atoms with E-state index in [2.05, 4.69) is 28.2 Å². The molecule has 5 nitrogen and oxygen atoms in total. The Morgan fingerprint density at radius 1 is 1.29 bits per heavy atom. The van der Waals surface area contributed by atoms with Gasteiger partial charge in [0.05, 0.1) is 13.7 Å². The standard InChI is InChI=1S/C16H19N3O2/c1-4-9-19(10-5-2)12-15-17-16(18-21-15)13-7-6-8-14(11-13)20-3/h4-8,11H,1-2,9-10,12H2,3H3. The van der Waals surface area contributed by atoms with Gasteiger partial charge in [-0.15, -0.1) is 13.2 Å². The Kier molecular flexibility index (Phi) is 5.29. The third-order valence-corrected chi connectivity index (χ3v) is 2.93. The fourth-order valence-corrected chi connectivity index (χ4v) is 1.96. The van der Waals surface area contributed by atoms with E-state index in [0.29, 0.717) is 18.3 Å². The van der Waals surface area contributed by atoms with Gasteiger partial charge in [0.1, 0.15) is 5.75 Å². The number of rotatable bonds is 8. The Hall–Kier alpha value is -2.40. The first-order valence-electron chi connectivity index (χ1n) is 6.68. The molecule has 21 heavy (non-hydrogen) atoms. The molecule has 2 rings (SSSR count). The van der Waals surface area contributed by atoms with Crippen molar-refractivity contribution in [3.63, 3.8) is 0 Å². The fourth-order valence-electron chi connectivity index (χ4n) is 1.96. The quantitative estimate of drug-likeness (QED) is 0.698. The van der Waals surface area contributed by atoms with E-state index >= 15 is 0 Å². The predicted octanol–water partition coefficient (Wildman–Crippen LogP) is 2.92. The highest BCUT2D eigenvalue weighted by Crippen LogP contribution is 2.21. The molecule has 0 amide bonds. The molecule has 110 valence electrons. The first-order valence-corrected chi connectivity index (χ1v) is 6.68. The molecule has 0 N–H and O–H groups in total. The molecule has 0 atom stereocenters. The van der Waals surface area contributed by atoms with Crippen molar-refractivity contribution in [2.24, 2.45) is 0 Å². The lowest BCUT2D eigenvalue weighted by atomic mass is 10.2. The molecule has 1 aromatic heterocycles. The van der Waals surface area contributed by atoms with Crippen LogP contribution in [-0.2, 0) is 6.54 Å². The topological polar surface area (TPSA) is 51.4 Å². The molecular weight excluding hydrogens is 266 g/mol. The number of hydrogen-bond donors (Lipinski definition) is 0. The van der Waals surface area contributed by atoms with Gasteiger partial charge in [0.25, 0.3) is 0 Å². The van der Waals surface area contributed by atoms with Crippen molar-refractivity contribution < 1.29 is 9.26 Å². The first-order chi connectivity index (χ1) is 10.3. The van der Waals surface area contributed by atoms with E-state index in [-0.39, 0.29) is 0 Å². The zero-order chi connectivity index (χ0) is 15.1. The molecule has 5 heteroatoms. The molecule has 0 aliphatic heterocycles. The number of nitrogens with zero attached hydrogens (tertiary/aromatic N) is 3. The summed E-state index contributed by atoms with van der Waals surface area (Å²) in [6.07, 6.45) is 3.67. The van der Waals surface area contributed by atoms with Gasteiger partial charge >= 0.3 is 0 Å². The molecule has 0 aliphatic carbocycles. The predicted molar refractivity (Wildman–Crippen MR) is 82.0 cm³/mol. The zero-order valence-electron chi connectivity index (χ0n) is 12.2. The van der Waals surface area contributed by atoms with E-state index in [1.807, 2.05) is 36.4 Å². The van der Waals surface area contributed by atoms with Crippen molar-refractivity contribution in [2.75, 3.05) is 20.2 Å². The summed E-state index contributed by atoms with van der Waals surface area (Å²) in [6, 6.07) is 7.56. The average molecular weight is 285 g/mol. The maximum Gasteiger partial charge on any atom is 0.241 e. The second-order valence-corrected chi connectivity index (χ2v) is 4.52. The Labute approximate surface area is 124 Å². The number of ether oxygens (including phenoxy) is 1. The molecular formula is C16H19N3O2. The summed E-state index contributed by atoms with van der Waals surface area (Å²) in [5.74, 6) is 1.89. The number of methoxy groups -OCH3 is 1. The number of aromatic nitrogens is 2. The van der Waals surface area contributed by atoms with Crippen molar-refractivity contribution >= 4 is 0 Å². The van der Waals surface area contributed by atoms with Gasteiger partial charge in [-0.1, -0.05) is 29.4 Å². The molecule has 0 bridgehead atoms. The van der Waals surface area contributed by atoms with Crippen LogP contribution in [0.5, 0.6) is 5.75 Å². The van der Waals surface area contributed by atoms with E-state index in [9.17, 15) is 0 Å². The number of hydrogen-bond acceptors (Lipinski definition) is 5. The SMILES string of the molecule is C=CCN(CC=C)Cc1nc(-c2cccc(OC)c2)no1. The molecule has 2 aromatic rings. The van der Waals surface area contributed by atoms with E-state index in [1.165, 1.54) is 0 Å². The maximum atomic E-state index is 5.30. The van der Waals surface area contributed by atoms with Crippen molar-refractivity contribution in [1.29, 1.82) is 0 Å². The van der Waals surface area contributed by atoms with E-state index in [1.54, 1.807) is 7.11 Å². The lowest BCUT2D eigenvalue weighted by Crippen LogP contribution is -2.23. The van der Waals surface area contributed by atoms with Crippen LogP contribution in [0.25, 0.3) is 11.4 Å². The highest BCUT2D eigenvalue weighted by Gasteiger charge is 2.12. The van der Waals surface area contributed by atoms with E-state index < -0.39 is 0 Å². The Bertz CT molecular complexity index is 597. The molecule has 1 aromatic carbocycles. The molecule has 0 aliphatic rings. The highest BCUT2D eigenvalue weighted by atomic mass is 16.5. The van der Waals surface area contributed by atoms with Crippen LogP contribution in [0.15, 0.2) is 54.1 Å². The van der Waals surface area contributed by atoms with Crippen LogP contribution in [0.3, 0.4) is 0 Å². The Morgan fingerprint density at radius 2 is 2.05 bits per heavy atom. The summed E-state index contributed by atoms with van der Waals surface area (Å²) in [5.41, 5.74) is 0.864. The second-order valence-electron chi connectivity index (χ2n) is 4.52. The summed E-state index contributed by atoms with van der Waals surface area (Å²) >= 11 is 0. The van der Waals surface area contributed by atoms with Gasteiger partial charge in [-0.2, -0.15) is 4.98 Å². The van der Waals surface area contributed by atoms with Crippen LogP contribution in [0.2, 0.25) is 0 Å². The van der Waals surface area contributed by atoms with E-state index in [0.717, 1.165) is 24.4 Å². The van der Waals surface area contributed by atoms with Crippen LogP contribution in [0.1, 0.15) is 5.89 Å². The minimum absolute atomic E-state index is 0.557. The Morgan fingerprint density at radius 3 is 2.71 bits per heavy atom. The lowest BCUT2D eigenvalue weighted by molar-refractivity contribution is 0.266. The highest BCUT2D eigenvalue weighted by molar-refractivity contribution is 5.56. The Balaban J connectivity index is 2.12. The largest absolute Gasteiger partial charge is 0.497 e. The van der Waals surface area contributed by atoms with Crippen LogP contribution < -0.4 is 4.74 Å². The molecule has 1 heterocycles. The minimum Gasteiger partial charge on any atom is -0.497 e. The third-order valence-electron chi connectivity index (χ3n) is 2.93. The second kappa shape index (κ2) is 7.40. The maximum absolute atomic E-state index is 5.30. The normalized spacial score (nSPS) is 10.6. The summed E-state index contributed by atoms with van der Waals surface area (Å²) < 4.78 is 10.5. The van der Waals surface area contributed by atoms with Crippen molar-refractivity contribution in [1.82, 2.24) is 15.0 Å². The molecule has 0 unspecified atom stereocenters. The summed E-state index contributed by atoms with van der Waals surface area (Å²) in [7, 11) is 1.63.